The van der Waals surface area contributed by atoms with Crippen LogP contribution in [0, 0.1) is 0 Å². The molecule has 17 heavy (non-hydrogen) atoms. The predicted octanol–water partition coefficient (Wildman–Crippen LogP) is 0.778. The molecule has 94 valence electrons. The zero-order chi connectivity index (χ0) is 12.8. The SMILES string of the molecule is CC[C@H](CO)NC(=O)c1cc(N)ccc1OC. The molecular weight excluding hydrogens is 220 g/mol. The number of aliphatic hydroxyl groups excluding tert-OH is 1. The molecule has 1 atom stereocenters. The van der Waals surface area contributed by atoms with Crippen LogP contribution in [0.15, 0.2) is 18.2 Å². The number of ether oxygens (including phenoxy) is 1. The van der Waals surface area contributed by atoms with Gasteiger partial charge in [-0.2, -0.15) is 0 Å². The van der Waals surface area contributed by atoms with E-state index in [0.717, 1.165) is 0 Å². The Morgan fingerprint density at radius 3 is 2.82 bits per heavy atom. The fourth-order valence-electron chi connectivity index (χ4n) is 1.44. The summed E-state index contributed by atoms with van der Waals surface area (Å²) in [5, 5.41) is 11.7. The van der Waals surface area contributed by atoms with Crippen LogP contribution in [-0.4, -0.2) is 30.8 Å². The molecule has 5 heteroatoms. The number of anilines is 1. The van der Waals surface area contributed by atoms with Gasteiger partial charge in [0.25, 0.3) is 5.91 Å². The molecule has 0 radical (unpaired) electrons. The molecule has 4 N–H and O–H groups in total. The van der Waals surface area contributed by atoms with Gasteiger partial charge in [-0.3, -0.25) is 4.79 Å². The highest BCUT2D eigenvalue weighted by Gasteiger charge is 2.15. The van der Waals surface area contributed by atoms with E-state index >= 15 is 0 Å². The van der Waals surface area contributed by atoms with Crippen molar-refractivity contribution < 1.29 is 14.6 Å². The minimum atomic E-state index is -0.296. The van der Waals surface area contributed by atoms with Crippen molar-refractivity contribution in [3.05, 3.63) is 23.8 Å². The van der Waals surface area contributed by atoms with E-state index < -0.39 is 0 Å². The molecule has 0 saturated carbocycles. The molecule has 1 amide bonds. The van der Waals surface area contributed by atoms with Gasteiger partial charge in [-0.25, -0.2) is 0 Å². The zero-order valence-corrected chi connectivity index (χ0v) is 10.1. The normalized spacial score (nSPS) is 11.9. The molecular formula is C12H18N2O3. The van der Waals surface area contributed by atoms with Gasteiger partial charge in [0.1, 0.15) is 5.75 Å². The molecule has 0 aliphatic heterocycles. The zero-order valence-electron chi connectivity index (χ0n) is 10.1. The average molecular weight is 238 g/mol. The average Bonchev–Trinajstić information content (AvgIpc) is 2.35. The topological polar surface area (TPSA) is 84.6 Å². The van der Waals surface area contributed by atoms with Gasteiger partial charge < -0.3 is 20.9 Å². The lowest BCUT2D eigenvalue weighted by molar-refractivity contribution is 0.0912. The number of hydrogen-bond donors (Lipinski definition) is 3. The van der Waals surface area contributed by atoms with Crippen molar-refractivity contribution in [2.75, 3.05) is 19.5 Å². The summed E-state index contributed by atoms with van der Waals surface area (Å²) in [6, 6.07) is 4.61. The summed E-state index contributed by atoms with van der Waals surface area (Å²) < 4.78 is 5.09. The quantitative estimate of drug-likeness (QED) is 0.662. The van der Waals surface area contributed by atoms with Crippen LogP contribution in [0.25, 0.3) is 0 Å². The van der Waals surface area contributed by atoms with E-state index in [0.29, 0.717) is 23.4 Å². The largest absolute Gasteiger partial charge is 0.496 e. The van der Waals surface area contributed by atoms with Crippen molar-refractivity contribution in [1.82, 2.24) is 5.32 Å². The first-order chi connectivity index (χ1) is 8.12. The summed E-state index contributed by atoms with van der Waals surface area (Å²) in [5.74, 6) is 0.166. The van der Waals surface area contributed by atoms with Gasteiger partial charge in [0.05, 0.1) is 25.3 Å². The Hall–Kier alpha value is -1.75. The number of benzene rings is 1. The third kappa shape index (κ3) is 3.35. The maximum Gasteiger partial charge on any atom is 0.255 e. The Morgan fingerprint density at radius 2 is 2.29 bits per heavy atom. The monoisotopic (exact) mass is 238 g/mol. The van der Waals surface area contributed by atoms with Crippen LogP contribution in [-0.2, 0) is 0 Å². The van der Waals surface area contributed by atoms with Crippen molar-refractivity contribution in [1.29, 1.82) is 0 Å². The van der Waals surface area contributed by atoms with Gasteiger partial charge in [-0.1, -0.05) is 6.92 Å². The van der Waals surface area contributed by atoms with Crippen LogP contribution < -0.4 is 15.8 Å². The molecule has 5 nitrogen and oxygen atoms in total. The smallest absolute Gasteiger partial charge is 0.255 e. The lowest BCUT2D eigenvalue weighted by Gasteiger charge is -2.15. The molecule has 0 fully saturated rings. The van der Waals surface area contributed by atoms with E-state index in [4.69, 9.17) is 15.6 Å². The lowest BCUT2D eigenvalue weighted by atomic mass is 10.1. The second-order valence-corrected chi connectivity index (χ2v) is 3.72. The fraction of sp³-hybridized carbons (Fsp3) is 0.417. The molecule has 0 saturated heterocycles. The maximum absolute atomic E-state index is 11.9. The molecule has 0 bridgehead atoms. The van der Waals surface area contributed by atoms with Crippen molar-refractivity contribution in [2.24, 2.45) is 0 Å². The van der Waals surface area contributed by atoms with Crippen molar-refractivity contribution in [3.8, 4) is 5.75 Å². The first kappa shape index (κ1) is 13.3. The Labute approximate surface area is 101 Å². The van der Waals surface area contributed by atoms with Gasteiger partial charge in [-0.15, -0.1) is 0 Å². The lowest BCUT2D eigenvalue weighted by Crippen LogP contribution is -2.37. The van der Waals surface area contributed by atoms with Crippen molar-refractivity contribution >= 4 is 11.6 Å². The first-order valence-electron chi connectivity index (χ1n) is 5.47. The summed E-state index contributed by atoms with van der Waals surface area (Å²) in [4.78, 5) is 11.9. The number of carbonyl (C=O) groups excluding carboxylic acids is 1. The van der Waals surface area contributed by atoms with Crippen LogP contribution in [0.4, 0.5) is 5.69 Å². The second-order valence-electron chi connectivity index (χ2n) is 3.72. The minimum absolute atomic E-state index is 0.0904. The molecule has 0 aliphatic rings. The highest BCUT2D eigenvalue weighted by Crippen LogP contribution is 2.21. The van der Waals surface area contributed by atoms with E-state index in [9.17, 15) is 4.79 Å². The number of nitrogens with two attached hydrogens (primary N) is 1. The number of nitrogens with one attached hydrogen (secondary N) is 1. The Balaban J connectivity index is 2.90. The predicted molar refractivity (Wildman–Crippen MR) is 66.0 cm³/mol. The number of aliphatic hydroxyl groups is 1. The number of nitrogen functional groups attached to an aromatic ring is 1. The minimum Gasteiger partial charge on any atom is -0.496 e. The molecule has 0 aliphatic carbocycles. The highest BCUT2D eigenvalue weighted by molar-refractivity contribution is 5.98. The molecule has 1 rings (SSSR count). The van der Waals surface area contributed by atoms with Crippen molar-refractivity contribution in [2.45, 2.75) is 19.4 Å². The van der Waals surface area contributed by atoms with Gasteiger partial charge in [0, 0.05) is 5.69 Å². The van der Waals surface area contributed by atoms with E-state index in [1.807, 2.05) is 6.92 Å². The summed E-state index contributed by atoms with van der Waals surface area (Å²) >= 11 is 0. The Morgan fingerprint density at radius 1 is 1.59 bits per heavy atom. The maximum atomic E-state index is 11.9. The van der Waals surface area contributed by atoms with Crippen LogP contribution in [0.2, 0.25) is 0 Å². The molecule has 1 aromatic rings. The summed E-state index contributed by atoms with van der Waals surface area (Å²) in [6.07, 6.45) is 0.660. The summed E-state index contributed by atoms with van der Waals surface area (Å²) in [6.45, 7) is 1.80. The second kappa shape index (κ2) is 6.10. The highest BCUT2D eigenvalue weighted by atomic mass is 16.5. The molecule has 0 aromatic heterocycles. The summed E-state index contributed by atoms with van der Waals surface area (Å²) in [5.41, 5.74) is 6.50. The molecule has 1 aromatic carbocycles. The van der Waals surface area contributed by atoms with Crippen LogP contribution >= 0.6 is 0 Å². The van der Waals surface area contributed by atoms with Gasteiger partial charge in [0.15, 0.2) is 0 Å². The molecule has 0 spiro atoms. The van der Waals surface area contributed by atoms with Gasteiger partial charge >= 0.3 is 0 Å². The number of hydrogen-bond acceptors (Lipinski definition) is 4. The van der Waals surface area contributed by atoms with E-state index in [1.165, 1.54) is 7.11 Å². The van der Waals surface area contributed by atoms with E-state index in [2.05, 4.69) is 5.32 Å². The van der Waals surface area contributed by atoms with Crippen LogP contribution in [0.1, 0.15) is 23.7 Å². The fourth-order valence-corrected chi connectivity index (χ4v) is 1.44. The standard InChI is InChI=1S/C12H18N2O3/c1-3-9(7-15)14-12(16)10-6-8(13)4-5-11(10)17-2/h4-6,9,15H,3,7,13H2,1-2H3,(H,14,16)/t9-/m1/s1. The number of rotatable bonds is 5. The van der Waals surface area contributed by atoms with Crippen LogP contribution in [0.5, 0.6) is 5.75 Å². The Bertz CT molecular complexity index is 389. The van der Waals surface area contributed by atoms with Crippen molar-refractivity contribution in [3.63, 3.8) is 0 Å². The number of methoxy groups -OCH3 is 1. The van der Waals surface area contributed by atoms with E-state index in [-0.39, 0.29) is 18.6 Å². The molecule has 0 heterocycles. The third-order valence-corrected chi connectivity index (χ3v) is 2.52. The number of amides is 1. The Kier molecular flexibility index (Phi) is 4.78. The van der Waals surface area contributed by atoms with Crippen LogP contribution in [0.3, 0.4) is 0 Å². The summed E-state index contributed by atoms with van der Waals surface area (Å²) in [7, 11) is 1.49. The molecule has 0 unspecified atom stereocenters. The van der Waals surface area contributed by atoms with Gasteiger partial charge in [0.2, 0.25) is 0 Å². The van der Waals surface area contributed by atoms with E-state index in [1.54, 1.807) is 18.2 Å². The third-order valence-electron chi connectivity index (χ3n) is 2.52. The first-order valence-corrected chi connectivity index (χ1v) is 5.47. The number of carbonyl (C=O) groups is 1. The van der Waals surface area contributed by atoms with Gasteiger partial charge in [-0.05, 0) is 24.6 Å².